The Balaban J connectivity index is 1.33. The summed E-state index contributed by atoms with van der Waals surface area (Å²) in [5, 5.41) is 18.3. The predicted octanol–water partition coefficient (Wildman–Crippen LogP) is 5.78. The number of para-hydroxylation sites is 1. The van der Waals surface area contributed by atoms with Crippen molar-refractivity contribution in [3.05, 3.63) is 70.7 Å². The first-order valence-corrected chi connectivity index (χ1v) is 15.9. The summed E-state index contributed by atoms with van der Waals surface area (Å²) in [6, 6.07) is 13.2. The number of hydrogen-bond donors (Lipinski definition) is 2. The first-order chi connectivity index (χ1) is 21.4. The minimum absolute atomic E-state index is 0.0897. The van der Waals surface area contributed by atoms with Crippen molar-refractivity contribution in [2.45, 2.75) is 77.4 Å². The summed E-state index contributed by atoms with van der Waals surface area (Å²) < 4.78 is 18.3. The average molecular weight is 606 g/mol. The summed E-state index contributed by atoms with van der Waals surface area (Å²) in [5.41, 5.74) is 3.39. The maximum atomic E-state index is 13.7. The number of carboxylic acid groups (broad SMARTS) is 1. The third kappa shape index (κ3) is 7.33. The Kier molecular flexibility index (Phi) is 10.7. The first-order valence-electron chi connectivity index (χ1n) is 15.9. The van der Waals surface area contributed by atoms with E-state index < -0.39 is 17.8 Å². The van der Waals surface area contributed by atoms with Gasteiger partial charge in [0, 0.05) is 18.9 Å². The summed E-state index contributed by atoms with van der Waals surface area (Å²) in [7, 11) is 0. The smallest absolute Gasteiger partial charge is 0.303 e. The van der Waals surface area contributed by atoms with Gasteiger partial charge in [-0.2, -0.15) is 0 Å². The van der Waals surface area contributed by atoms with Crippen LogP contribution in [-0.4, -0.2) is 58.8 Å². The first kappa shape index (κ1) is 31.7. The third-order valence-corrected chi connectivity index (χ3v) is 9.01. The van der Waals surface area contributed by atoms with Crippen molar-refractivity contribution in [3.8, 4) is 5.75 Å². The lowest BCUT2D eigenvalue weighted by Crippen LogP contribution is -2.35. The highest BCUT2D eigenvalue weighted by Crippen LogP contribution is 2.50. The molecule has 9 nitrogen and oxygen atoms in total. The number of likely N-dealkylation sites (tertiary alicyclic amines) is 1. The molecule has 2 fully saturated rings. The van der Waals surface area contributed by atoms with Crippen LogP contribution >= 0.6 is 0 Å². The molecule has 2 aliphatic heterocycles. The number of aliphatic hydroxyl groups is 1. The molecule has 4 atom stereocenters. The Morgan fingerprint density at radius 1 is 1.02 bits per heavy atom. The quantitative estimate of drug-likeness (QED) is 0.140. The lowest BCUT2D eigenvalue weighted by Gasteiger charge is -2.32. The van der Waals surface area contributed by atoms with Crippen LogP contribution in [-0.2, 0) is 25.7 Å². The second kappa shape index (κ2) is 14.9. The number of unbranched alkanes of at least 4 members (excludes halogenated alkanes) is 2. The van der Waals surface area contributed by atoms with Crippen LogP contribution in [0.3, 0.4) is 0 Å². The number of rotatable bonds is 16. The summed E-state index contributed by atoms with van der Waals surface area (Å²) in [6.45, 7) is 3.06. The van der Waals surface area contributed by atoms with Gasteiger partial charge in [-0.05, 0) is 80.0 Å². The lowest BCUT2D eigenvalue weighted by molar-refractivity contribution is -0.141. The van der Waals surface area contributed by atoms with E-state index >= 15 is 0 Å². The molecule has 2 N–H and O–H groups in total. The van der Waals surface area contributed by atoms with E-state index in [0.29, 0.717) is 51.2 Å². The molecule has 0 saturated carbocycles. The van der Waals surface area contributed by atoms with E-state index in [1.807, 2.05) is 42.5 Å². The Morgan fingerprint density at radius 3 is 2.57 bits per heavy atom. The summed E-state index contributed by atoms with van der Waals surface area (Å²) in [5.74, 6) is -0.128. The minimum Gasteiger partial charge on any atom is -0.489 e. The predicted molar refractivity (Wildman–Crippen MR) is 163 cm³/mol. The molecule has 9 heteroatoms. The molecule has 2 amide bonds. The van der Waals surface area contributed by atoms with Crippen LogP contribution in [0.1, 0.15) is 76.2 Å². The van der Waals surface area contributed by atoms with E-state index in [4.69, 9.17) is 19.0 Å². The fourth-order valence-electron chi connectivity index (χ4n) is 6.97. The number of carbonyl (C=O) groups excluding carboxylic acids is 2. The number of nitrogens with zero attached hydrogens (tertiary/aromatic N) is 1. The van der Waals surface area contributed by atoms with Gasteiger partial charge in [-0.25, -0.2) is 0 Å². The molecule has 2 saturated heterocycles. The van der Waals surface area contributed by atoms with Gasteiger partial charge >= 0.3 is 5.97 Å². The highest BCUT2D eigenvalue weighted by atomic mass is 16.5. The van der Waals surface area contributed by atoms with Crippen molar-refractivity contribution in [3.63, 3.8) is 0 Å². The topological polar surface area (TPSA) is 127 Å². The Morgan fingerprint density at radius 2 is 1.84 bits per heavy atom. The van der Waals surface area contributed by atoms with E-state index in [1.54, 1.807) is 6.07 Å². The number of aliphatic hydroxyl groups excluding tert-OH is 1. The maximum absolute atomic E-state index is 13.7. The molecule has 1 aliphatic carbocycles. The lowest BCUT2D eigenvalue weighted by atomic mass is 9.69. The zero-order valence-corrected chi connectivity index (χ0v) is 25.4. The van der Waals surface area contributed by atoms with Gasteiger partial charge in [0.05, 0.1) is 24.5 Å². The zero-order valence-electron chi connectivity index (χ0n) is 25.4. The molecule has 5 rings (SSSR count). The van der Waals surface area contributed by atoms with Crippen molar-refractivity contribution in [2.75, 3.05) is 19.8 Å². The molecule has 0 spiro atoms. The van der Waals surface area contributed by atoms with Gasteiger partial charge in [0.25, 0.3) is 0 Å². The maximum Gasteiger partial charge on any atom is 0.303 e. The second-order valence-electron chi connectivity index (χ2n) is 12.0. The molecule has 0 unspecified atom stereocenters. The Hall–Kier alpha value is -3.69. The van der Waals surface area contributed by atoms with Crippen molar-refractivity contribution in [1.82, 2.24) is 4.90 Å². The molecule has 1 aromatic heterocycles. The monoisotopic (exact) mass is 605 g/mol. The molecule has 3 heterocycles. The van der Waals surface area contributed by atoms with Gasteiger partial charge in [0.1, 0.15) is 30.5 Å². The molecule has 0 bridgehead atoms. The Labute approximate surface area is 258 Å². The Bertz CT molecular complexity index is 1380. The average Bonchev–Trinajstić information content (AvgIpc) is 3.72. The fourth-order valence-corrected chi connectivity index (χ4v) is 6.97. The van der Waals surface area contributed by atoms with Crippen LogP contribution in [0.5, 0.6) is 5.75 Å². The van der Waals surface area contributed by atoms with Gasteiger partial charge in [0.2, 0.25) is 11.8 Å². The van der Waals surface area contributed by atoms with E-state index in [-0.39, 0.29) is 36.9 Å². The number of aliphatic carboxylic acids is 1. The number of hydrogen-bond acceptors (Lipinski definition) is 7. The standard InChI is InChI=1S/C35H43NO8/c1-2-9-23(18-26-14-15-27(20-37)44-26)13-16-30-32-24(21-42-25-10-5-3-6-11-25)19-28-33(29(32)22-43-30)35(41)36(34(28)40)17-8-4-7-12-31(38)39/h3,5-6,10-11,14-15,18,28-30,33,37H,2,4,7-9,12-13,16-17,19-22H2,1H3,(H,38,39)/b23-18+/t28-,29+,30-,33-/m1/s1. The highest BCUT2D eigenvalue weighted by molar-refractivity contribution is 6.06. The van der Waals surface area contributed by atoms with E-state index in [1.165, 1.54) is 10.5 Å². The number of imide groups is 1. The van der Waals surface area contributed by atoms with Gasteiger partial charge in [-0.1, -0.05) is 43.5 Å². The number of allylic oxidation sites excluding steroid dienone is 1. The van der Waals surface area contributed by atoms with E-state index in [0.717, 1.165) is 48.3 Å². The number of furan rings is 1. The molecule has 3 aliphatic rings. The van der Waals surface area contributed by atoms with Gasteiger partial charge < -0.3 is 24.1 Å². The fraction of sp³-hybridized carbons (Fsp3) is 0.514. The van der Waals surface area contributed by atoms with Crippen LogP contribution in [0.4, 0.5) is 0 Å². The van der Waals surface area contributed by atoms with Crippen LogP contribution in [0.2, 0.25) is 0 Å². The largest absolute Gasteiger partial charge is 0.489 e. The summed E-state index contributed by atoms with van der Waals surface area (Å²) >= 11 is 0. The van der Waals surface area contributed by atoms with Crippen LogP contribution in [0.25, 0.3) is 6.08 Å². The van der Waals surface area contributed by atoms with Crippen molar-refractivity contribution < 1.29 is 38.5 Å². The molecule has 0 radical (unpaired) electrons. The van der Waals surface area contributed by atoms with Crippen LogP contribution < -0.4 is 4.74 Å². The van der Waals surface area contributed by atoms with E-state index in [9.17, 15) is 19.5 Å². The molecule has 2 aromatic rings. The summed E-state index contributed by atoms with van der Waals surface area (Å²) in [4.78, 5) is 39.5. The van der Waals surface area contributed by atoms with Crippen LogP contribution in [0, 0.1) is 17.8 Å². The van der Waals surface area contributed by atoms with Crippen molar-refractivity contribution in [1.29, 1.82) is 0 Å². The third-order valence-electron chi connectivity index (χ3n) is 9.01. The van der Waals surface area contributed by atoms with Gasteiger partial charge in [-0.3, -0.25) is 19.3 Å². The van der Waals surface area contributed by atoms with Crippen molar-refractivity contribution in [2.24, 2.45) is 17.8 Å². The molecule has 1 aromatic carbocycles. The number of ether oxygens (including phenoxy) is 2. The van der Waals surface area contributed by atoms with E-state index in [2.05, 4.69) is 6.92 Å². The zero-order chi connectivity index (χ0) is 31.1. The van der Waals surface area contributed by atoms with Crippen molar-refractivity contribution >= 4 is 23.9 Å². The number of carboxylic acids is 1. The minimum atomic E-state index is -0.835. The SMILES string of the molecule is CCC/C(=C\c1ccc(CO)o1)CC[C@H]1OC[C@H]2C1=C(COc1ccccc1)C[C@H]1C(=O)N(CCCCCC(=O)O)C(=O)[C@H]12. The molecular formula is C35H43NO8. The highest BCUT2D eigenvalue weighted by Gasteiger charge is 2.56. The normalized spacial score (nSPS) is 23.3. The second-order valence-corrected chi connectivity index (χ2v) is 12.0. The number of benzene rings is 1. The van der Waals surface area contributed by atoms with Crippen LogP contribution in [0.15, 0.2) is 63.6 Å². The summed E-state index contributed by atoms with van der Waals surface area (Å²) in [6.07, 6.45) is 7.64. The van der Waals surface area contributed by atoms with Gasteiger partial charge in [0.15, 0.2) is 0 Å². The molecule has 44 heavy (non-hydrogen) atoms. The number of amides is 2. The number of fused-ring (bicyclic) bond motifs is 3. The molecular weight excluding hydrogens is 562 g/mol. The number of carbonyl (C=O) groups is 3. The van der Waals surface area contributed by atoms with Gasteiger partial charge in [-0.15, -0.1) is 0 Å². The molecule has 236 valence electrons.